The Morgan fingerprint density at radius 2 is 1.88 bits per heavy atom. The molecule has 0 saturated carbocycles. The summed E-state index contributed by atoms with van der Waals surface area (Å²) in [4.78, 5) is 0. The van der Waals surface area contributed by atoms with E-state index in [4.69, 9.17) is 39.5 Å². The van der Waals surface area contributed by atoms with Gasteiger partial charge in [-0.2, -0.15) is 0 Å². The van der Waals surface area contributed by atoms with Crippen LogP contribution in [0.3, 0.4) is 0 Å². The molecule has 0 saturated heterocycles. The van der Waals surface area contributed by atoms with Crippen molar-refractivity contribution in [2.45, 2.75) is 3.79 Å². The van der Waals surface area contributed by atoms with Crippen molar-refractivity contribution in [2.24, 2.45) is 3.21 Å². The Balaban J connectivity index is 2.20. The molecule has 16 heavy (non-hydrogen) atoms. The second-order valence-corrected chi connectivity index (χ2v) is 12.5. The molecule has 2 nitrogen and oxygen atoms in total. The molecular weight excluding hydrogens is 498 g/mol. The molecule has 0 fully saturated rings. The summed E-state index contributed by atoms with van der Waals surface area (Å²) in [7, 11) is 0. The third-order valence-electron chi connectivity index (χ3n) is 1.64. The molecule has 88 valence electrons. The summed E-state index contributed by atoms with van der Waals surface area (Å²) in [6, 6.07) is 9.90. The fourth-order valence-electron chi connectivity index (χ4n) is 0.966. The molecule has 7 heteroatoms. The first-order chi connectivity index (χ1) is 7.57. The Kier molecular flexibility index (Phi) is 4.74. The number of alkyl halides is 3. The van der Waals surface area contributed by atoms with E-state index < -0.39 is 3.79 Å². The van der Waals surface area contributed by atoms with Crippen molar-refractivity contribution in [3.05, 3.63) is 35.9 Å². The van der Waals surface area contributed by atoms with Gasteiger partial charge in [0.05, 0.1) is 0 Å². The predicted octanol–water partition coefficient (Wildman–Crippen LogP) is 0.853. The first kappa shape index (κ1) is 13.3. The van der Waals surface area contributed by atoms with Crippen LogP contribution < -0.4 is 17.5 Å². The van der Waals surface area contributed by atoms with Gasteiger partial charge < -0.3 is 0 Å². The van der Waals surface area contributed by atoms with Crippen LogP contribution in [0.5, 0.6) is 0 Å². The van der Waals surface area contributed by atoms with Gasteiger partial charge in [0, 0.05) is 0 Å². The van der Waals surface area contributed by atoms with Gasteiger partial charge in [-0.1, -0.05) is 0 Å². The number of benzene rings is 1. The second-order valence-electron chi connectivity index (χ2n) is 2.76. The van der Waals surface area contributed by atoms with Crippen molar-refractivity contribution in [2.75, 3.05) is 0 Å². The van der Waals surface area contributed by atoms with Crippen LogP contribution in [0.25, 0.3) is 0 Å². The van der Waals surface area contributed by atoms with Crippen LogP contribution >= 0.6 is 51.6 Å². The van der Waals surface area contributed by atoms with Gasteiger partial charge in [-0.15, -0.1) is 0 Å². The Labute approximate surface area is 125 Å². The Bertz CT molecular complexity index is 442. The number of rotatable bonds is 1. The van der Waals surface area contributed by atoms with Crippen LogP contribution in [-0.4, -0.2) is 13.4 Å². The molecule has 0 atom stereocenters. The van der Waals surface area contributed by atoms with E-state index in [2.05, 4.69) is 3.21 Å². The van der Waals surface area contributed by atoms with Gasteiger partial charge in [0.2, 0.25) is 0 Å². The molecule has 0 amide bonds. The van der Waals surface area contributed by atoms with Crippen molar-refractivity contribution < 1.29 is 22.2 Å². The molecule has 1 aliphatic heterocycles. The molecule has 1 heterocycles. The van der Waals surface area contributed by atoms with E-state index in [0.717, 1.165) is 9.26 Å². The van der Waals surface area contributed by atoms with E-state index in [0.29, 0.717) is 0 Å². The maximum atomic E-state index is 5.76. The van der Waals surface area contributed by atoms with Gasteiger partial charge in [0.25, 0.3) is 0 Å². The van der Waals surface area contributed by atoms with Crippen LogP contribution in [0.15, 0.2) is 33.5 Å². The van der Waals surface area contributed by atoms with Crippen LogP contribution in [0.1, 0.15) is 5.56 Å². The average Bonchev–Trinajstić information content (AvgIpc) is 2.29. The van der Waals surface area contributed by atoms with Gasteiger partial charge in [-0.3, -0.25) is 0 Å². The number of hydrogen-bond donors (Lipinski definition) is 0. The molecule has 0 aliphatic carbocycles. The van der Waals surface area contributed by atoms with Gasteiger partial charge >= 0.3 is 126 Å². The van der Waals surface area contributed by atoms with E-state index in [1.807, 2.05) is 30.3 Å². The summed E-state index contributed by atoms with van der Waals surface area (Å²) in [6.45, 7) is 0. The fourth-order valence-corrected chi connectivity index (χ4v) is 8.38. The predicted molar refractivity (Wildman–Crippen MR) is 73.4 cm³/mol. The number of nitrogens with zero attached hydrogens (tertiary/aromatic N) is 1. The van der Waals surface area contributed by atoms with E-state index in [1.165, 1.54) is 0 Å². The number of halogens is 5. The van der Waals surface area contributed by atoms with Crippen molar-refractivity contribution in [3.8, 4) is 0 Å². The zero-order valence-corrected chi connectivity index (χ0v) is 14.2. The van der Waals surface area contributed by atoms with Crippen LogP contribution in [-0.2, 0) is 4.74 Å². The van der Waals surface area contributed by atoms with Gasteiger partial charge in [0.15, 0.2) is 0 Å². The van der Waals surface area contributed by atoms with Gasteiger partial charge in [0.1, 0.15) is 0 Å². The molecule has 0 spiro atoms. The molecule has 1 aromatic carbocycles. The van der Waals surface area contributed by atoms with Crippen molar-refractivity contribution in [1.29, 1.82) is 0 Å². The molecule has 0 N–H and O–H groups in total. The maximum absolute atomic E-state index is 5.76. The zero-order chi connectivity index (χ0) is 11.6. The van der Waals surface area contributed by atoms with E-state index in [-0.39, 0.29) is 40.2 Å². The SMILES string of the molecule is ClC(Cl)(Cl)C1=N[I-]I=C(c2ccccc2)O1. The normalized spacial score (nSPS) is 17.2. The standard InChI is InChI=1S/C9H5Cl3I2NO/c10-9(11,12)8-15-14-13-7(16-8)6-4-2-1-3-5-6/h1-5H/q-1. The van der Waals surface area contributed by atoms with Crippen LogP contribution in [0.4, 0.5) is 0 Å². The third-order valence-corrected chi connectivity index (χ3v) is 9.07. The second kappa shape index (κ2) is 5.69. The minimum atomic E-state index is -1.55. The summed E-state index contributed by atoms with van der Waals surface area (Å²) in [6.07, 6.45) is 0. The first-order valence-electron chi connectivity index (χ1n) is 4.11. The van der Waals surface area contributed by atoms with E-state index >= 15 is 0 Å². The Hall–Kier alpha value is 0.890. The van der Waals surface area contributed by atoms with Gasteiger partial charge in [-0.25, -0.2) is 0 Å². The third kappa shape index (κ3) is 3.44. The number of hydrogen-bond acceptors (Lipinski definition) is 2. The first-order valence-corrected chi connectivity index (χ1v) is 13.6. The Morgan fingerprint density at radius 1 is 1.19 bits per heavy atom. The Morgan fingerprint density at radius 3 is 2.50 bits per heavy atom. The van der Waals surface area contributed by atoms with E-state index in [1.54, 1.807) is 0 Å². The molecule has 0 bridgehead atoms. The molecular formula is C9H5Cl3I2NO-. The van der Waals surface area contributed by atoms with Crippen LogP contribution in [0.2, 0.25) is 0 Å². The summed E-state index contributed by atoms with van der Waals surface area (Å²) >= 11 is 16.8. The topological polar surface area (TPSA) is 21.6 Å². The molecule has 0 radical (unpaired) electrons. The van der Waals surface area contributed by atoms with Crippen molar-refractivity contribution in [1.82, 2.24) is 0 Å². The van der Waals surface area contributed by atoms with Gasteiger partial charge in [-0.05, 0) is 0 Å². The van der Waals surface area contributed by atoms with Crippen molar-refractivity contribution in [3.63, 3.8) is 0 Å². The fraction of sp³-hybridized carbons (Fsp3) is 0.111. The number of ether oxygens (including phenoxy) is 1. The van der Waals surface area contributed by atoms with Crippen molar-refractivity contribution >= 4 is 61.2 Å². The van der Waals surface area contributed by atoms with E-state index in [9.17, 15) is 0 Å². The summed E-state index contributed by atoms with van der Waals surface area (Å²) in [5, 5.41) is 0. The average molecular weight is 503 g/mol. The monoisotopic (exact) mass is 502 g/mol. The minimum absolute atomic E-state index is 0.164. The molecule has 1 aliphatic rings. The quantitative estimate of drug-likeness (QED) is 0.412. The summed E-state index contributed by atoms with van der Waals surface area (Å²) < 4.78 is 9.19. The molecule has 1 aromatic rings. The zero-order valence-electron chi connectivity index (χ0n) is 7.63. The molecule has 0 unspecified atom stereocenters. The summed E-state index contributed by atoms with van der Waals surface area (Å²) in [5.74, 6) is 0.218. The van der Waals surface area contributed by atoms with Crippen LogP contribution in [0, 0.1) is 0 Å². The molecule has 2 rings (SSSR count). The summed E-state index contributed by atoms with van der Waals surface area (Å²) in [5.41, 5.74) is 1.07. The molecule has 0 aromatic heterocycles.